The van der Waals surface area contributed by atoms with Gasteiger partial charge >= 0.3 is 0 Å². The first-order valence-electron chi connectivity index (χ1n) is 5.71. The van der Waals surface area contributed by atoms with Gasteiger partial charge in [-0.2, -0.15) is 0 Å². The highest BCUT2D eigenvalue weighted by atomic mass is 15.1. The average Bonchev–Trinajstić information content (AvgIpc) is 2.76. The summed E-state index contributed by atoms with van der Waals surface area (Å²) in [5.74, 6) is 0.577. The normalized spacial score (nSPS) is 10.6. The Kier molecular flexibility index (Phi) is 4.10. The van der Waals surface area contributed by atoms with E-state index in [9.17, 15) is 0 Å². The highest BCUT2D eigenvalue weighted by Gasteiger charge is 1.94. The molecule has 2 rings (SSSR count). The zero-order valence-corrected chi connectivity index (χ0v) is 9.71. The van der Waals surface area contributed by atoms with Gasteiger partial charge < -0.3 is 15.6 Å². The van der Waals surface area contributed by atoms with Crippen molar-refractivity contribution in [2.24, 2.45) is 0 Å². The number of pyridine rings is 1. The molecule has 90 valence electrons. The molecule has 2 aromatic heterocycles. The smallest absolute Gasteiger partial charge is 0.141 e. The van der Waals surface area contributed by atoms with Gasteiger partial charge in [0.2, 0.25) is 0 Å². The van der Waals surface area contributed by atoms with E-state index in [1.54, 1.807) is 12.5 Å². The van der Waals surface area contributed by atoms with Crippen molar-refractivity contribution in [2.45, 2.75) is 19.5 Å². The molecule has 0 aliphatic rings. The number of nitrogens with one attached hydrogen (secondary N) is 1. The summed E-state index contributed by atoms with van der Waals surface area (Å²) < 4.78 is 2.00. The first-order valence-corrected chi connectivity index (χ1v) is 5.71. The predicted molar refractivity (Wildman–Crippen MR) is 67.2 cm³/mol. The van der Waals surface area contributed by atoms with Crippen LogP contribution in [0.25, 0.3) is 0 Å². The molecule has 0 spiro atoms. The van der Waals surface area contributed by atoms with Crippen LogP contribution in [0.5, 0.6) is 0 Å². The monoisotopic (exact) mass is 231 g/mol. The standard InChI is InChI=1S/C12H17N5/c13-12-9-17(10-16-12)6-2-5-15-8-11-3-1-4-14-7-11/h1,3-4,7,9-10,15H,2,5-6,8,13H2. The van der Waals surface area contributed by atoms with E-state index in [1.807, 2.05) is 23.0 Å². The maximum absolute atomic E-state index is 5.53. The van der Waals surface area contributed by atoms with Crippen molar-refractivity contribution in [3.8, 4) is 0 Å². The molecule has 0 aliphatic carbocycles. The van der Waals surface area contributed by atoms with Crippen LogP contribution in [0, 0.1) is 0 Å². The quantitative estimate of drug-likeness (QED) is 0.729. The zero-order chi connectivity index (χ0) is 11.9. The number of nitrogens with two attached hydrogens (primary N) is 1. The Morgan fingerprint density at radius 3 is 3.06 bits per heavy atom. The average molecular weight is 231 g/mol. The molecule has 0 amide bonds. The number of aryl methyl sites for hydroxylation is 1. The van der Waals surface area contributed by atoms with Gasteiger partial charge in [0.15, 0.2) is 0 Å². The van der Waals surface area contributed by atoms with Gasteiger partial charge in [0, 0.05) is 31.7 Å². The molecule has 0 aromatic carbocycles. The minimum atomic E-state index is 0.577. The highest BCUT2D eigenvalue weighted by Crippen LogP contribution is 1.98. The molecule has 0 saturated heterocycles. The summed E-state index contributed by atoms with van der Waals surface area (Å²) in [5, 5.41) is 3.37. The molecule has 0 radical (unpaired) electrons. The van der Waals surface area contributed by atoms with E-state index >= 15 is 0 Å². The fourth-order valence-electron chi connectivity index (χ4n) is 1.62. The molecule has 0 aliphatic heterocycles. The lowest BCUT2D eigenvalue weighted by Gasteiger charge is -2.05. The van der Waals surface area contributed by atoms with E-state index in [1.165, 1.54) is 5.56 Å². The lowest BCUT2D eigenvalue weighted by Crippen LogP contribution is -2.16. The molecule has 0 atom stereocenters. The van der Waals surface area contributed by atoms with Gasteiger partial charge in [0.25, 0.3) is 0 Å². The Hall–Kier alpha value is -1.88. The third kappa shape index (κ3) is 3.88. The van der Waals surface area contributed by atoms with Crippen LogP contribution >= 0.6 is 0 Å². The van der Waals surface area contributed by atoms with Crippen LogP contribution in [-0.4, -0.2) is 21.1 Å². The maximum Gasteiger partial charge on any atom is 0.141 e. The number of hydrogen-bond acceptors (Lipinski definition) is 4. The fourth-order valence-corrected chi connectivity index (χ4v) is 1.62. The number of aromatic nitrogens is 3. The predicted octanol–water partition coefficient (Wildman–Crippen LogP) is 1.04. The van der Waals surface area contributed by atoms with Crippen LogP contribution in [0.1, 0.15) is 12.0 Å². The third-order valence-corrected chi connectivity index (χ3v) is 2.47. The van der Waals surface area contributed by atoms with Crippen LogP contribution in [0.4, 0.5) is 5.82 Å². The second kappa shape index (κ2) is 6.00. The van der Waals surface area contributed by atoms with Crippen molar-refractivity contribution in [3.63, 3.8) is 0 Å². The number of nitrogens with zero attached hydrogens (tertiary/aromatic N) is 3. The Morgan fingerprint density at radius 2 is 2.35 bits per heavy atom. The minimum absolute atomic E-state index is 0.577. The number of imidazole rings is 1. The largest absolute Gasteiger partial charge is 0.382 e. The summed E-state index contributed by atoms with van der Waals surface area (Å²) in [4.78, 5) is 8.04. The summed E-state index contributed by atoms with van der Waals surface area (Å²) in [6.07, 6.45) is 8.32. The molecule has 5 heteroatoms. The number of rotatable bonds is 6. The van der Waals surface area contributed by atoms with E-state index in [4.69, 9.17) is 5.73 Å². The van der Waals surface area contributed by atoms with Gasteiger partial charge in [-0.15, -0.1) is 0 Å². The van der Waals surface area contributed by atoms with E-state index in [0.29, 0.717) is 5.82 Å². The van der Waals surface area contributed by atoms with Crippen molar-refractivity contribution in [1.29, 1.82) is 0 Å². The van der Waals surface area contributed by atoms with E-state index < -0.39 is 0 Å². The summed E-state index contributed by atoms with van der Waals surface area (Å²) in [6, 6.07) is 4.02. The SMILES string of the molecule is Nc1cn(CCCNCc2cccnc2)cn1. The molecule has 3 N–H and O–H groups in total. The molecule has 17 heavy (non-hydrogen) atoms. The van der Waals surface area contributed by atoms with Gasteiger partial charge in [-0.1, -0.05) is 6.07 Å². The Morgan fingerprint density at radius 1 is 1.41 bits per heavy atom. The van der Waals surface area contributed by atoms with Gasteiger partial charge in [0.05, 0.1) is 6.33 Å². The van der Waals surface area contributed by atoms with E-state index in [2.05, 4.69) is 21.4 Å². The van der Waals surface area contributed by atoms with Crippen LogP contribution in [0.15, 0.2) is 37.1 Å². The molecular formula is C12H17N5. The van der Waals surface area contributed by atoms with Crippen LogP contribution in [-0.2, 0) is 13.1 Å². The Bertz CT molecular complexity index is 437. The van der Waals surface area contributed by atoms with Crippen LogP contribution in [0.3, 0.4) is 0 Å². The van der Waals surface area contributed by atoms with Crippen LogP contribution < -0.4 is 11.1 Å². The highest BCUT2D eigenvalue weighted by molar-refractivity contribution is 5.22. The second-order valence-electron chi connectivity index (χ2n) is 3.93. The lowest BCUT2D eigenvalue weighted by molar-refractivity contribution is 0.580. The van der Waals surface area contributed by atoms with Gasteiger partial charge in [-0.05, 0) is 24.6 Å². The maximum atomic E-state index is 5.53. The topological polar surface area (TPSA) is 68.8 Å². The summed E-state index contributed by atoms with van der Waals surface area (Å²) in [5.41, 5.74) is 6.74. The van der Waals surface area contributed by atoms with Gasteiger partial charge in [-0.3, -0.25) is 4.98 Å². The second-order valence-corrected chi connectivity index (χ2v) is 3.93. The molecule has 0 fully saturated rings. The number of hydrogen-bond donors (Lipinski definition) is 2. The molecule has 0 bridgehead atoms. The number of nitrogen functional groups attached to an aromatic ring is 1. The Labute approximate surface area is 101 Å². The molecule has 5 nitrogen and oxygen atoms in total. The first-order chi connectivity index (χ1) is 8.34. The minimum Gasteiger partial charge on any atom is -0.382 e. The molecule has 0 saturated carbocycles. The van der Waals surface area contributed by atoms with E-state index in [0.717, 1.165) is 26.1 Å². The van der Waals surface area contributed by atoms with Crippen molar-refractivity contribution in [3.05, 3.63) is 42.6 Å². The zero-order valence-electron chi connectivity index (χ0n) is 9.71. The molecule has 2 heterocycles. The van der Waals surface area contributed by atoms with Gasteiger partial charge in [-0.25, -0.2) is 4.98 Å². The molecule has 2 aromatic rings. The summed E-state index contributed by atoms with van der Waals surface area (Å²) >= 11 is 0. The summed E-state index contributed by atoms with van der Waals surface area (Å²) in [7, 11) is 0. The third-order valence-electron chi connectivity index (χ3n) is 2.47. The van der Waals surface area contributed by atoms with Crippen molar-refractivity contribution < 1.29 is 0 Å². The Balaban J connectivity index is 1.61. The van der Waals surface area contributed by atoms with Crippen molar-refractivity contribution >= 4 is 5.82 Å². The van der Waals surface area contributed by atoms with Gasteiger partial charge in [0.1, 0.15) is 5.82 Å². The first kappa shape index (κ1) is 11.6. The number of anilines is 1. The van der Waals surface area contributed by atoms with Crippen molar-refractivity contribution in [1.82, 2.24) is 19.9 Å². The lowest BCUT2D eigenvalue weighted by atomic mass is 10.3. The fraction of sp³-hybridized carbons (Fsp3) is 0.333. The van der Waals surface area contributed by atoms with Crippen molar-refractivity contribution in [2.75, 3.05) is 12.3 Å². The molecular weight excluding hydrogens is 214 g/mol. The molecule has 0 unspecified atom stereocenters. The van der Waals surface area contributed by atoms with E-state index in [-0.39, 0.29) is 0 Å². The van der Waals surface area contributed by atoms with Crippen LogP contribution in [0.2, 0.25) is 0 Å². The summed E-state index contributed by atoms with van der Waals surface area (Å²) in [6.45, 7) is 2.76.